The smallest absolute Gasteiger partial charge is 0.326 e. The molecule has 7 nitrogen and oxygen atoms in total. The van der Waals surface area contributed by atoms with Gasteiger partial charge in [0.05, 0.1) is 0 Å². The Morgan fingerprint density at radius 3 is 2.28 bits per heavy atom. The first kappa shape index (κ1) is 20.6. The summed E-state index contributed by atoms with van der Waals surface area (Å²) >= 11 is 0. The molecular weight excluding hydrogens is 324 g/mol. The Labute approximate surface area is 147 Å². The van der Waals surface area contributed by atoms with Crippen LogP contribution in [-0.4, -0.2) is 42.6 Å². The van der Waals surface area contributed by atoms with Crippen molar-refractivity contribution in [1.82, 2.24) is 10.6 Å². The Morgan fingerprint density at radius 2 is 1.76 bits per heavy atom. The second-order valence-corrected chi connectivity index (χ2v) is 6.19. The first-order valence-corrected chi connectivity index (χ1v) is 8.21. The van der Waals surface area contributed by atoms with Crippen molar-refractivity contribution in [3.05, 3.63) is 35.9 Å². The van der Waals surface area contributed by atoms with Crippen LogP contribution in [0, 0.1) is 5.92 Å². The maximum absolute atomic E-state index is 12.6. The number of carbonyl (C=O) groups is 3. The molecular formula is C18H26N2O5. The van der Waals surface area contributed by atoms with Gasteiger partial charge in [0.1, 0.15) is 12.1 Å². The Kier molecular flexibility index (Phi) is 8.63. The highest BCUT2D eigenvalue weighted by Gasteiger charge is 2.27. The summed E-state index contributed by atoms with van der Waals surface area (Å²) in [6.07, 6.45) is 0.418. The molecule has 138 valence electrons. The molecule has 0 aliphatic rings. The lowest BCUT2D eigenvalue weighted by molar-refractivity contribution is -0.142. The van der Waals surface area contributed by atoms with Crippen LogP contribution in [0.5, 0.6) is 0 Å². The minimum atomic E-state index is -1.15. The predicted octanol–water partition coefficient (Wildman–Crippen LogP) is 1.50. The monoisotopic (exact) mass is 350 g/mol. The van der Waals surface area contributed by atoms with E-state index in [-0.39, 0.29) is 31.3 Å². The zero-order valence-corrected chi connectivity index (χ0v) is 14.8. The molecule has 1 rings (SSSR count). The summed E-state index contributed by atoms with van der Waals surface area (Å²) in [4.78, 5) is 36.0. The quantitative estimate of drug-likeness (QED) is 0.593. The molecule has 0 aromatic heterocycles. The number of hydrogen-bond acceptors (Lipinski definition) is 4. The van der Waals surface area contributed by atoms with E-state index in [0.29, 0.717) is 5.56 Å². The van der Waals surface area contributed by atoms with Crippen molar-refractivity contribution in [2.75, 3.05) is 13.7 Å². The van der Waals surface area contributed by atoms with Crippen molar-refractivity contribution in [1.29, 1.82) is 0 Å². The summed E-state index contributed by atoms with van der Waals surface area (Å²) < 4.78 is 4.87. The molecule has 3 N–H and O–H groups in total. The van der Waals surface area contributed by atoms with Crippen molar-refractivity contribution in [2.24, 2.45) is 5.92 Å². The lowest BCUT2D eigenvalue weighted by atomic mass is 10.0. The molecule has 2 amide bonds. The van der Waals surface area contributed by atoms with Crippen LogP contribution >= 0.6 is 0 Å². The summed E-state index contributed by atoms with van der Waals surface area (Å²) in [6, 6.07) is 6.70. The normalized spacial score (nSPS) is 13.1. The minimum absolute atomic E-state index is 0.138. The summed E-state index contributed by atoms with van der Waals surface area (Å²) in [7, 11) is 1.46. The first-order valence-electron chi connectivity index (χ1n) is 8.21. The Bertz CT molecular complexity index is 574. The number of hydrogen-bond donors (Lipinski definition) is 3. The summed E-state index contributed by atoms with van der Waals surface area (Å²) in [6.45, 7) is 4.01. The zero-order chi connectivity index (χ0) is 18.8. The molecule has 7 heteroatoms. The molecule has 0 aliphatic carbocycles. The van der Waals surface area contributed by atoms with Gasteiger partial charge < -0.3 is 20.5 Å². The maximum Gasteiger partial charge on any atom is 0.326 e. The number of carboxylic acid groups (broad SMARTS) is 1. The van der Waals surface area contributed by atoms with Gasteiger partial charge in [-0.15, -0.1) is 0 Å². The van der Waals surface area contributed by atoms with Gasteiger partial charge in [0.25, 0.3) is 0 Å². The lowest BCUT2D eigenvalue weighted by Gasteiger charge is -2.22. The average Bonchev–Trinajstić information content (AvgIpc) is 2.56. The zero-order valence-electron chi connectivity index (χ0n) is 14.8. The number of aliphatic carboxylic acids is 1. The van der Waals surface area contributed by atoms with E-state index >= 15 is 0 Å². The van der Waals surface area contributed by atoms with E-state index in [4.69, 9.17) is 4.74 Å². The number of methoxy groups -OCH3 is 1. The average molecular weight is 350 g/mol. The molecule has 0 fully saturated rings. The van der Waals surface area contributed by atoms with Gasteiger partial charge in [0, 0.05) is 26.6 Å². The van der Waals surface area contributed by atoms with Crippen molar-refractivity contribution in [3.8, 4) is 0 Å². The van der Waals surface area contributed by atoms with E-state index < -0.39 is 24.0 Å². The van der Waals surface area contributed by atoms with Crippen LogP contribution in [-0.2, 0) is 19.1 Å². The molecule has 1 aromatic rings. The molecule has 0 spiro atoms. The molecule has 1 aromatic carbocycles. The maximum atomic E-state index is 12.6. The Balaban J connectivity index is 2.92. The molecule has 0 heterocycles. The minimum Gasteiger partial charge on any atom is -0.480 e. The number of ether oxygens (including phenoxy) is 1. The van der Waals surface area contributed by atoms with Gasteiger partial charge in [-0.05, 0) is 11.5 Å². The van der Waals surface area contributed by atoms with Crippen molar-refractivity contribution in [2.45, 2.75) is 38.8 Å². The highest BCUT2D eigenvalue weighted by Crippen LogP contribution is 2.14. The second kappa shape index (κ2) is 10.5. The molecule has 2 unspecified atom stereocenters. The predicted molar refractivity (Wildman–Crippen MR) is 92.8 cm³/mol. The number of carboxylic acids is 1. The molecule has 25 heavy (non-hydrogen) atoms. The fraction of sp³-hybridized carbons (Fsp3) is 0.500. The van der Waals surface area contributed by atoms with Crippen LogP contribution in [0.4, 0.5) is 0 Å². The van der Waals surface area contributed by atoms with Gasteiger partial charge in [0.15, 0.2) is 0 Å². The van der Waals surface area contributed by atoms with Crippen LogP contribution in [0.25, 0.3) is 0 Å². The number of amides is 2. The molecule has 0 saturated heterocycles. The topological polar surface area (TPSA) is 105 Å². The Hall–Kier alpha value is -2.41. The van der Waals surface area contributed by atoms with E-state index in [1.54, 1.807) is 30.3 Å². The fourth-order valence-electron chi connectivity index (χ4n) is 2.28. The number of carbonyl (C=O) groups excluding carboxylic acids is 2. The fourth-order valence-corrected chi connectivity index (χ4v) is 2.28. The van der Waals surface area contributed by atoms with E-state index in [1.165, 1.54) is 7.11 Å². The van der Waals surface area contributed by atoms with Crippen molar-refractivity contribution < 1.29 is 24.2 Å². The van der Waals surface area contributed by atoms with Gasteiger partial charge in [-0.2, -0.15) is 0 Å². The van der Waals surface area contributed by atoms with Gasteiger partial charge in [0.2, 0.25) is 11.8 Å². The summed E-state index contributed by atoms with van der Waals surface area (Å²) in [5.74, 6) is -1.83. The van der Waals surface area contributed by atoms with E-state index in [0.717, 1.165) is 0 Å². The highest BCUT2D eigenvalue weighted by atomic mass is 16.5. The number of rotatable bonds is 10. The van der Waals surface area contributed by atoms with E-state index in [2.05, 4.69) is 10.6 Å². The molecule has 0 bridgehead atoms. The first-order chi connectivity index (χ1) is 11.8. The molecule has 0 aliphatic heterocycles. The molecule has 0 saturated carbocycles. The number of nitrogens with one attached hydrogen (secondary N) is 2. The van der Waals surface area contributed by atoms with Gasteiger partial charge in [-0.25, -0.2) is 4.79 Å². The third-order valence-electron chi connectivity index (χ3n) is 3.52. The van der Waals surface area contributed by atoms with Crippen molar-refractivity contribution in [3.63, 3.8) is 0 Å². The third-order valence-corrected chi connectivity index (χ3v) is 3.52. The van der Waals surface area contributed by atoms with Gasteiger partial charge in [-0.1, -0.05) is 44.2 Å². The van der Waals surface area contributed by atoms with Crippen LogP contribution in [0.2, 0.25) is 0 Å². The van der Waals surface area contributed by atoms with Crippen molar-refractivity contribution >= 4 is 17.8 Å². The number of benzene rings is 1. The lowest BCUT2D eigenvalue weighted by Crippen LogP contribution is -2.47. The largest absolute Gasteiger partial charge is 0.480 e. The van der Waals surface area contributed by atoms with E-state index in [1.807, 2.05) is 13.8 Å². The standard InChI is InChI=1S/C18H26N2O5/c1-12(2)11-15(21)20-16(13-7-5-4-6-8-13)17(22)19-14(18(23)24)9-10-25-3/h4-8,12,14,16H,9-11H2,1-3H3,(H,19,22)(H,20,21)(H,23,24). The summed E-state index contributed by atoms with van der Waals surface area (Å²) in [5.41, 5.74) is 0.591. The van der Waals surface area contributed by atoms with Crippen LogP contribution in [0.3, 0.4) is 0 Å². The molecule has 2 atom stereocenters. The Morgan fingerprint density at radius 1 is 1.12 bits per heavy atom. The van der Waals surface area contributed by atoms with E-state index in [9.17, 15) is 19.5 Å². The SMILES string of the molecule is COCCC(NC(=O)C(NC(=O)CC(C)C)c1ccccc1)C(=O)O. The van der Waals surface area contributed by atoms with Crippen LogP contribution in [0.1, 0.15) is 38.3 Å². The highest BCUT2D eigenvalue weighted by molar-refractivity contribution is 5.91. The van der Waals surface area contributed by atoms with Crippen LogP contribution < -0.4 is 10.6 Å². The van der Waals surface area contributed by atoms with Gasteiger partial charge >= 0.3 is 5.97 Å². The summed E-state index contributed by atoms with van der Waals surface area (Å²) in [5, 5.41) is 14.4. The second-order valence-electron chi connectivity index (χ2n) is 6.19. The third kappa shape index (κ3) is 7.34. The van der Waals surface area contributed by atoms with Crippen LogP contribution in [0.15, 0.2) is 30.3 Å². The molecule has 0 radical (unpaired) electrons. The van der Waals surface area contributed by atoms with Gasteiger partial charge in [-0.3, -0.25) is 9.59 Å².